The Balaban J connectivity index is 1.47. The Hall–Kier alpha value is -2.99. The molecule has 0 bridgehead atoms. The van der Waals surface area contributed by atoms with E-state index in [4.69, 9.17) is 0 Å². The first-order valence-electron chi connectivity index (χ1n) is 10.2. The van der Waals surface area contributed by atoms with Gasteiger partial charge in [-0.25, -0.2) is 9.97 Å². The molecule has 2 heterocycles. The van der Waals surface area contributed by atoms with Crippen LogP contribution in [0.3, 0.4) is 0 Å². The second-order valence-corrected chi connectivity index (χ2v) is 8.77. The topological polar surface area (TPSA) is 51.0 Å². The lowest BCUT2D eigenvalue weighted by Gasteiger charge is -2.25. The van der Waals surface area contributed by atoms with E-state index < -0.39 is 0 Å². The van der Waals surface area contributed by atoms with Gasteiger partial charge in [-0.1, -0.05) is 38.1 Å². The van der Waals surface area contributed by atoms with Crippen LogP contribution in [0.2, 0.25) is 0 Å². The van der Waals surface area contributed by atoms with Crippen molar-refractivity contribution >= 4 is 28.3 Å². The van der Waals surface area contributed by atoms with Crippen LogP contribution in [0.1, 0.15) is 49.0 Å². The van der Waals surface area contributed by atoms with Crippen LogP contribution in [0.4, 0.5) is 0 Å². The predicted octanol–water partition coefficient (Wildman–Crippen LogP) is 5.37. The van der Waals surface area contributed by atoms with Crippen molar-refractivity contribution in [1.29, 1.82) is 0 Å². The molecule has 0 aliphatic rings. The van der Waals surface area contributed by atoms with Gasteiger partial charge in [-0.05, 0) is 36.8 Å². The van der Waals surface area contributed by atoms with E-state index in [1.807, 2.05) is 37.0 Å². The van der Waals surface area contributed by atoms with E-state index in [2.05, 4.69) is 65.6 Å². The van der Waals surface area contributed by atoms with Crippen molar-refractivity contribution in [2.75, 3.05) is 7.05 Å². The van der Waals surface area contributed by atoms with E-state index in [0.717, 1.165) is 33.0 Å². The normalized spacial score (nSPS) is 12.4. The van der Waals surface area contributed by atoms with E-state index in [-0.39, 0.29) is 11.9 Å². The maximum atomic E-state index is 12.8. The molecule has 5 nitrogen and oxygen atoms in total. The molecule has 0 aliphatic carbocycles. The SMILES string of the molecule is CC(C)c1nc(CC(=O)N(C)C(C)c2ccc(-n3cnc4ccccc43)cc2)cs1. The molecular formula is C24H26N4OS. The summed E-state index contributed by atoms with van der Waals surface area (Å²) in [5.41, 5.74) is 5.06. The number of rotatable bonds is 6. The molecule has 0 spiro atoms. The highest BCUT2D eigenvalue weighted by Crippen LogP contribution is 2.24. The molecule has 30 heavy (non-hydrogen) atoms. The molecule has 1 atom stereocenters. The monoisotopic (exact) mass is 418 g/mol. The average molecular weight is 419 g/mol. The van der Waals surface area contributed by atoms with Crippen LogP contribution < -0.4 is 0 Å². The highest BCUT2D eigenvalue weighted by Gasteiger charge is 2.19. The molecule has 0 saturated carbocycles. The van der Waals surface area contributed by atoms with Crippen LogP contribution in [-0.2, 0) is 11.2 Å². The van der Waals surface area contributed by atoms with Crippen molar-refractivity contribution < 1.29 is 4.79 Å². The number of nitrogens with zero attached hydrogens (tertiary/aromatic N) is 4. The van der Waals surface area contributed by atoms with E-state index in [1.165, 1.54) is 0 Å². The third kappa shape index (κ3) is 4.00. The zero-order valence-corrected chi connectivity index (χ0v) is 18.6. The molecule has 0 N–H and O–H groups in total. The summed E-state index contributed by atoms with van der Waals surface area (Å²) in [6.07, 6.45) is 2.18. The van der Waals surface area contributed by atoms with E-state index >= 15 is 0 Å². The standard InChI is InChI=1S/C24H26N4OS/c1-16(2)24-26-19(14-30-24)13-23(29)27(4)17(3)18-9-11-20(12-10-18)28-15-25-21-7-5-6-8-22(21)28/h5-12,14-17H,13H2,1-4H3. The number of likely N-dealkylation sites (N-methyl/N-ethyl adjacent to an activating group) is 1. The van der Waals surface area contributed by atoms with E-state index in [9.17, 15) is 4.79 Å². The highest BCUT2D eigenvalue weighted by atomic mass is 32.1. The fourth-order valence-electron chi connectivity index (χ4n) is 3.47. The van der Waals surface area contributed by atoms with Crippen molar-refractivity contribution in [3.63, 3.8) is 0 Å². The van der Waals surface area contributed by atoms with Crippen molar-refractivity contribution in [2.45, 2.75) is 39.2 Å². The summed E-state index contributed by atoms with van der Waals surface area (Å²) in [5, 5.41) is 3.08. The lowest BCUT2D eigenvalue weighted by molar-refractivity contribution is -0.131. The van der Waals surface area contributed by atoms with Gasteiger partial charge in [0, 0.05) is 24.0 Å². The molecule has 1 amide bonds. The number of amides is 1. The zero-order valence-electron chi connectivity index (χ0n) is 17.7. The quantitative estimate of drug-likeness (QED) is 0.423. The van der Waals surface area contributed by atoms with Gasteiger partial charge in [-0.15, -0.1) is 11.3 Å². The first kappa shape index (κ1) is 20.3. The third-order valence-corrected chi connectivity index (χ3v) is 6.67. The van der Waals surface area contributed by atoms with E-state index in [1.54, 1.807) is 16.2 Å². The number of carbonyl (C=O) groups is 1. The van der Waals surface area contributed by atoms with Gasteiger partial charge in [-0.2, -0.15) is 0 Å². The molecule has 0 fully saturated rings. The van der Waals surface area contributed by atoms with Crippen LogP contribution in [0.5, 0.6) is 0 Å². The minimum Gasteiger partial charge on any atom is -0.339 e. The second-order valence-electron chi connectivity index (χ2n) is 7.88. The predicted molar refractivity (Wildman–Crippen MR) is 122 cm³/mol. The number of aromatic nitrogens is 3. The molecule has 4 rings (SSSR count). The maximum absolute atomic E-state index is 12.8. The number of carbonyl (C=O) groups excluding carboxylic acids is 1. The molecular weight excluding hydrogens is 392 g/mol. The summed E-state index contributed by atoms with van der Waals surface area (Å²) in [5.74, 6) is 0.467. The van der Waals surface area contributed by atoms with Gasteiger partial charge in [0.05, 0.1) is 34.2 Å². The zero-order chi connectivity index (χ0) is 21.3. The lowest BCUT2D eigenvalue weighted by Crippen LogP contribution is -2.31. The number of hydrogen-bond donors (Lipinski definition) is 0. The molecule has 0 aliphatic heterocycles. The average Bonchev–Trinajstić information content (AvgIpc) is 3.40. The molecule has 0 radical (unpaired) electrons. The fourth-order valence-corrected chi connectivity index (χ4v) is 4.30. The number of thiazole rings is 1. The number of para-hydroxylation sites is 2. The molecule has 2 aromatic carbocycles. The first-order valence-corrected chi connectivity index (χ1v) is 11.0. The van der Waals surface area contributed by atoms with Gasteiger partial charge in [-0.3, -0.25) is 9.36 Å². The second kappa shape index (κ2) is 8.40. The highest BCUT2D eigenvalue weighted by molar-refractivity contribution is 7.09. The third-order valence-electron chi connectivity index (χ3n) is 5.48. The molecule has 6 heteroatoms. The Labute approximate surface area is 181 Å². The van der Waals surface area contributed by atoms with Crippen LogP contribution in [-0.4, -0.2) is 32.4 Å². The number of benzene rings is 2. The smallest absolute Gasteiger partial charge is 0.228 e. The lowest BCUT2D eigenvalue weighted by atomic mass is 10.1. The van der Waals surface area contributed by atoms with Crippen LogP contribution in [0, 0.1) is 0 Å². The number of hydrogen-bond acceptors (Lipinski definition) is 4. The van der Waals surface area contributed by atoms with Crippen LogP contribution in [0.15, 0.2) is 60.2 Å². The summed E-state index contributed by atoms with van der Waals surface area (Å²) >= 11 is 1.63. The summed E-state index contributed by atoms with van der Waals surface area (Å²) in [6.45, 7) is 6.30. The Morgan fingerprint density at radius 1 is 1.10 bits per heavy atom. The molecule has 4 aromatic rings. The minimum absolute atomic E-state index is 0.0192. The Bertz CT molecular complexity index is 1160. The Morgan fingerprint density at radius 2 is 1.83 bits per heavy atom. The largest absolute Gasteiger partial charge is 0.339 e. The fraction of sp³-hybridized carbons (Fsp3) is 0.292. The molecule has 154 valence electrons. The Morgan fingerprint density at radius 3 is 2.53 bits per heavy atom. The number of fused-ring (bicyclic) bond motifs is 1. The van der Waals surface area contributed by atoms with Crippen molar-refractivity contribution in [2.24, 2.45) is 0 Å². The Kier molecular flexibility index (Phi) is 5.68. The molecule has 1 unspecified atom stereocenters. The summed E-state index contributed by atoms with van der Waals surface area (Å²) in [4.78, 5) is 23.6. The van der Waals surface area contributed by atoms with Crippen molar-refractivity contribution in [3.8, 4) is 5.69 Å². The first-order chi connectivity index (χ1) is 14.4. The van der Waals surface area contributed by atoms with E-state index in [0.29, 0.717) is 12.3 Å². The van der Waals surface area contributed by atoms with Gasteiger partial charge in [0.1, 0.15) is 6.33 Å². The van der Waals surface area contributed by atoms with Gasteiger partial charge in [0.2, 0.25) is 5.91 Å². The van der Waals surface area contributed by atoms with Crippen molar-refractivity contribution in [3.05, 3.63) is 76.5 Å². The summed E-state index contributed by atoms with van der Waals surface area (Å²) in [7, 11) is 1.86. The minimum atomic E-state index is -0.0192. The van der Waals surface area contributed by atoms with Gasteiger partial charge < -0.3 is 4.90 Å². The number of imidazole rings is 1. The van der Waals surface area contributed by atoms with Gasteiger partial charge >= 0.3 is 0 Å². The van der Waals surface area contributed by atoms with Crippen LogP contribution >= 0.6 is 11.3 Å². The van der Waals surface area contributed by atoms with Crippen molar-refractivity contribution in [1.82, 2.24) is 19.4 Å². The molecule has 0 saturated heterocycles. The van der Waals surface area contributed by atoms with Gasteiger partial charge in [0.25, 0.3) is 0 Å². The molecule has 2 aromatic heterocycles. The van der Waals surface area contributed by atoms with Gasteiger partial charge in [0.15, 0.2) is 0 Å². The maximum Gasteiger partial charge on any atom is 0.228 e. The summed E-state index contributed by atoms with van der Waals surface area (Å²) in [6, 6.07) is 16.4. The summed E-state index contributed by atoms with van der Waals surface area (Å²) < 4.78 is 2.08. The van der Waals surface area contributed by atoms with Crippen LogP contribution in [0.25, 0.3) is 16.7 Å².